The van der Waals surface area contributed by atoms with Gasteiger partial charge in [-0.3, -0.25) is 9.48 Å². The number of amides is 1. The highest BCUT2D eigenvalue weighted by atomic mass is 16.1. The zero-order chi connectivity index (χ0) is 19.1. The minimum absolute atomic E-state index is 0.0521. The molecule has 0 fully saturated rings. The maximum atomic E-state index is 12.2. The van der Waals surface area contributed by atoms with Crippen LogP contribution in [0.15, 0.2) is 67.0 Å². The molecule has 1 amide bonds. The van der Waals surface area contributed by atoms with Gasteiger partial charge in [-0.15, -0.1) is 0 Å². The average Bonchev–Trinajstić information content (AvgIpc) is 3.20. The maximum Gasteiger partial charge on any atom is 0.224 e. The summed E-state index contributed by atoms with van der Waals surface area (Å²) in [6.07, 6.45) is 3.75. The molecule has 1 aromatic heterocycles. The number of carbonyl (C=O) groups is 1. The van der Waals surface area contributed by atoms with E-state index in [0.29, 0.717) is 13.1 Å². The molecule has 0 aliphatic rings. The fraction of sp³-hybridized carbons (Fsp3) is 0.273. The minimum atomic E-state index is -0.0521. The van der Waals surface area contributed by atoms with E-state index in [1.54, 1.807) is 6.20 Å². The highest BCUT2D eigenvalue weighted by molar-refractivity contribution is 5.79. The Morgan fingerprint density at radius 2 is 1.89 bits per heavy atom. The van der Waals surface area contributed by atoms with E-state index in [0.717, 1.165) is 23.2 Å². The zero-order valence-corrected chi connectivity index (χ0v) is 15.9. The van der Waals surface area contributed by atoms with Gasteiger partial charge in [0.05, 0.1) is 6.54 Å². The molecule has 140 valence electrons. The van der Waals surface area contributed by atoms with Gasteiger partial charge < -0.3 is 10.6 Å². The van der Waals surface area contributed by atoms with Crippen LogP contribution in [-0.2, 0) is 17.9 Å². The second-order valence-electron chi connectivity index (χ2n) is 6.73. The molecule has 3 rings (SSSR count). The molecule has 5 heteroatoms. The first-order valence-electron chi connectivity index (χ1n) is 9.24. The molecule has 1 heterocycles. The smallest absolute Gasteiger partial charge is 0.224 e. The van der Waals surface area contributed by atoms with E-state index < -0.39 is 0 Å². The van der Waals surface area contributed by atoms with Gasteiger partial charge in [0.15, 0.2) is 0 Å². The summed E-state index contributed by atoms with van der Waals surface area (Å²) in [7, 11) is 1.86. The largest absolute Gasteiger partial charge is 0.352 e. The number of nitrogens with one attached hydrogen (secondary N) is 2. The Labute approximate surface area is 160 Å². The number of rotatable bonds is 8. The maximum absolute atomic E-state index is 12.2. The Morgan fingerprint density at radius 3 is 2.59 bits per heavy atom. The highest BCUT2D eigenvalue weighted by Crippen LogP contribution is 2.24. The van der Waals surface area contributed by atoms with Crippen LogP contribution in [0.2, 0.25) is 0 Å². The third-order valence-corrected chi connectivity index (χ3v) is 4.60. The number of aromatic nitrogens is 2. The lowest BCUT2D eigenvalue weighted by Gasteiger charge is -2.14. The summed E-state index contributed by atoms with van der Waals surface area (Å²) in [5.74, 6) is 0.0115. The van der Waals surface area contributed by atoms with Gasteiger partial charge in [-0.05, 0) is 35.4 Å². The van der Waals surface area contributed by atoms with E-state index in [4.69, 9.17) is 0 Å². The minimum Gasteiger partial charge on any atom is -0.352 e. The molecular weight excluding hydrogens is 336 g/mol. The lowest BCUT2D eigenvalue weighted by Crippen LogP contribution is -2.34. The van der Waals surface area contributed by atoms with E-state index in [1.807, 2.05) is 43.0 Å². The van der Waals surface area contributed by atoms with Crippen molar-refractivity contribution in [2.24, 2.45) is 5.92 Å². The number of carbonyl (C=O) groups excluding carboxylic acids is 1. The summed E-state index contributed by atoms with van der Waals surface area (Å²) in [5, 5.41) is 10.3. The van der Waals surface area contributed by atoms with Gasteiger partial charge >= 0.3 is 0 Å². The lowest BCUT2D eigenvalue weighted by molar-refractivity contribution is -0.124. The lowest BCUT2D eigenvalue weighted by atomic mass is 9.98. The third kappa shape index (κ3) is 5.05. The summed E-state index contributed by atoms with van der Waals surface area (Å²) >= 11 is 0. The van der Waals surface area contributed by atoms with Gasteiger partial charge in [0.1, 0.15) is 0 Å². The topological polar surface area (TPSA) is 59.0 Å². The summed E-state index contributed by atoms with van der Waals surface area (Å²) in [5.41, 5.74) is 4.61. The predicted molar refractivity (Wildman–Crippen MR) is 108 cm³/mol. The molecule has 2 N–H and O–H groups in total. The van der Waals surface area contributed by atoms with E-state index in [9.17, 15) is 4.79 Å². The van der Waals surface area contributed by atoms with Crippen molar-refractivity contribution in [3.8, 4) is 11.1 Å². The molecule has 1 unspecified atom stereocenters. The van der Waals surface area contributed by atoms with Gasteiger partial charge in [-0.25, -0.2) is 0 Å². The number of hydrogen-bond acceptors (Lipinski definition) is 3. The summed E-state index contributed by atoms with van der Waals surface area (Å²) in [6.45, 7) is 3.88. The summed E-state index contributed by atoms with van der Waals surface area (Å²) in [6, 6.07) is 18.6. The van der Waals surface area contributed by atoms with Gasteiger partial charge in [-0.2, -0.15) is 5.10 Å². The molecule has 0 spiro atoms. The predicted octanol–water partition coefficient (Wildman–Crippen LogP) is 3.07. The van der Waals surface area contributed by atoms with Gasteiger partial charge in [0.2, 0.25) is 5.91 Å². The van der Waals surface area contributed by atoms with Crippen molar-refractivity contribution in [2.45, 2.75) is 20.0 Å². The molecule has 0 radical (unpaired) electrons. The van der Waals surface area contributed by atoms with Gasteiger partial charge in [0, 0.05) is 31.4 Å². The van der Waals surface area contributed by atoms with Crippen molar-refractivity contribution in [1.82, 2.24) is 20.4 Å². The Bertz CT molecular complexity index is 856. The summed E-state index contributed by atoms with van der Waals surface area (Å²) < 4.78 is 1.91. The molecule has 0 aliphatic heterocycles. The molecule has 1 atom stereocenters. The zero-order valence-electron chi connectivity index (χ0n) is 15.9. The van der Waals surface area contributed by atoms with Crippen molar-refractivity contribution >= 4 is 5.91 Å². The van der Waals surface area contributed by atoms with Crippen LogP contribution in [0.1, 0.15) is 18.1 Å². The van der Waals surface area contributed by atoms with Crippen LogP contribution in [0.5, 0.6) is 0 Å². The standard InChI is InChI=1S/C22H26N4O/c1-17(14-23-2)22(27)24-15-20-6-3-4-7-21(20)19-10-8-18(9-11-19)16-26-13-5-12-25-26/h3-13,17,23H,14-16H2,1-2H3,(H,24,27). The van der Waals surface area contributed by atoms with Gasteiger partial charge in [0.25, 0.3) is 0 Å². The van der Waals surface area contributed by atoms with Crippen LogP contribution in [0.4, 0.5) is 0 Å². The van der Waals surface area contributed by atoms with Crippen molar-refractivity contribution in [2.75, 3.05) is 13.6 Å². The van der Waals surface area contributed by atoms with E-state index >= 15 is 0 Å². The molecule has 0 saturated carbocycles. The normalized spacial score (nSPS) is 11.9. The second-order valence-corrected chi connectivity index (χ2v) is 6.73. The van der Waals surface area contributed by atoms with E-state index in [1.165, 1.54) is 5.56 Å². The first kappa shape index (κ1) is 18.9. The fourth-order valence-electron chi connectivity index (χ4n) is 3.08. The third-order valence-electron chi connectivity index (χ3n) is 4.60. The van der Waals surface area contributed by atoms with Crippen LogP contribution >= 0.6 is 0 Å². The van der Waals surface area contributed by atoms with Crippen molar-refractivity contribution < 1.29 is 4.79 Å². The van der Waals surface area contributed by atoms with Crippen molar-refractivity contribution in [1.29, 1.82) is 0 Å². The van der Waals surface area contributed by atoms with Crippen LogP contribution < -0.4 is 10.6 Å². The number of hydrogen-bond donors (Lipinski definition) is 2. The molecule has 2 aromatic carbocycles. The first-order valence-corrected chi connectivity index (χ1v) is 9.24. The number of benzene rings is 2. The Morgan fingerprint density at radius 1 is 1.11 bits per heavy atom. The molecule has 0 bridgehead atoms. The number of nitrogens with zero attached hydrogens (tertiary/aromatic N) is 2. The second kappa shape index (κ2) is 9.14. The summed E-state index contributed by atoms with van der Waals surface area (Å²) in [4.78, 5) is 12.2. The quantitative estimate of drug-likeness (QED) is 0.647. The SMILES string of the molecule is CNCC(C)C(=O)NCc1ccccc1-c1ccc(Cn2cccn2)cc1. The average molecular weight is 362 g/mol. The van der Waals surface area contributed by atoms with Gasteiger partial charge in [-0.1, -0.05) is 55.5 Å². The van der Waals surface area contributed by atoms with Crippen LogP contribution in [0.3, 0.4) is 0 Å². The fourth-order valence-corrected chi connectivity index (χ4v) is 3.08. The van der Waals surface area contributed by atoms with Crippen LogP contribution in [0.25, 0.3) is 11.1 Å². The van der Waals surface area contributed by atoms with E-state index in [2.05, 4.69) is 52.1 Å². The van der Waals surface area contributed by atoms with Crippen molar-refractivity contribution in [3.63, 3.8) is 0 Å². The molecule has 0 aliphatic carbocycles. The molecule has 5 nitrogen and oxygen atoms in total. The monoisotopic (exact) mass is 362 g/mol. The highest BCUT2D eigenvalue weighted by Gasteiger charge is 2.12. The van der Waals surface area contributed by atoms with E-state index in [-0.39, 0.29) is 11.8 Å². The first-order chi connectivity index (χ1) is 13.2. The molecule has 27 heavy (non-hydrogen) atoms. The Hall–Kier alpha value is -2.92. The van der Waals surface area contributed by atoms with Crippen LogP contribution in [-0.4, -0.2) is 29.3 Å². The van der Waals surface area contributed by atoms with Crippen molar-refractivity contribution in [3.05, 3.63) is 78.1 Å². The molecule has 0 saturated heterocycles. The van der Waals surface area contributed by atoms with Crippen LogP contribution in [0, 0.1) is 5.92 Å². The Balaban J connectivity index is 1.70. The Kier molecular flexibility index (Phi) is 6.39. The molecule has 3 aromatic rings. The molecular formula is C22H26N4O.